The summed E-state index contributed by atoms with van der Waals surface area (Å²) in [5.74, 6) is 1.23. The molecule has 1 amide bonds. The van der Waals surface area contributed by atoms with Crippen LogP contribution in [0.15, 0.2) is 22.6 Å². The van der Waals surface area contributed by atoms with Crippen molar-refractivity contribution in [2.75, 3.05) is 45.9 Å². The van der Waals surface area contributed by atoms with Gasteiger partial charge in [-0.3, -0.25) is 9.69 Å². The van der Waals surface area contributed by atoms with Gasteiger partial charge in [0.2, 0.25) is 5.89 Å². The van der Waals surface area contributed by atoms with Crippen molar-refractivity contribution in [3.63, 3.8) is 0 Å². The van der Waals surface area contributed by atoms with Gasteiger partial charge in [-0.05, 0) is 44.0 Å². The topological polar surface area (TPSA) is 70.8 Å². The summed E-state index contributed by atoms with van der Waals surface area (Å²) >= 11 is 0. The predicted molar refractivity (Wildman–Crippen MR) is 101 cm³/mol. The number of benzene rings is 1. The molecular weight excluding hydrogens is 344 g/mol. The number of morpholine rings is 1. The number of hydrogen-bond acceptors (Lipinski definition) is 6. The molecule has 0 saturated carbocycles. The third-order valence-electron chi connectivity index (χ3n) is 6.14. The van der Waals surface area contributed by atoms with E-state index in [1.54, 1.807) is 0 Å². The highest BCUT2D eigenvalue weighted by Gasteiger charge is 2.35. The molecule has 4 fully saturated rings. The van der Waals surface area contributed by atoms with E-state index in [1.165, 1.54) is 25.9 Å². The molecule has 0 radical (unpaired) electrons. The Balaban J connectivity index is 1.34. The minimum Gasteiger partial charge on any atom is -0.439 e. The molecule has 4 aliphatic rings. The first kappa shape index (κ1) is 17.2. The number of piperidine rings is 3. The van der Waals surface area contributed by atoms with Crippen molar-refractivity contribution in [1.82, 2.24) is 20.1 Å². The van der Waals surface area contributed by atoms with Gasteiger partial charge in [-0.15, -0.1) is 0 Å². The fourth-order valence-electron chi connectivity index (χ4n) is 4.57. The molecule has 4 saturated heterocycles. The van der Waals surface area contributed by atoms with Crippen molar-refractivity contribution in [2.45, 2.75) is 25.4 Å². The molecule has 0 aliphatic carbocycles. The number of rotatable bonds is 4. The molecule has 2 aromatic rings. The summed E-state index contributed by atoms with van der Waals surface area (Å²) in [6.07, 6.45) is 2.37. The maximum atomic E-state index is 13.0. The van der Waals surface area contributed by atoms with E-state index in [1.807, 2.05) is 18.2 Å². The largest absolute Gasteiger partial charge is 0.439 e. The molecule has 2 bridgehead atoms. The fourth-order valence-corrected chi connectivity index (χ4v) is 4.57. The molecular formula is C20H26N4O3. The van der Waals surface area contributed by atoms with Crippen molar-refractivity contribution in [3.05, 3.63) is 29.7 Å². The van der Waals surface area contributed by atoms with E-state index in [2.05, 4.69) is 20.1 Å². The molecule has 0 spiro atoms. The quantitative estimate of drug-likeness (QED) is 0.879. The smallest absolute Gasteiger partial charge is 0.253 e. The van der Waals surface area contributed by atoms with Gasteiger partial charge in [0.25, 0.3) is 5.91 Å². The maximum Gasteiger partial charge on any atom is 0.253 e. The molecule has 1 aromatic carbocycles. The molecule has 5 heterocycles. The van der Waals surface area contributed by atoms with Crippen LogP contribution in [0.1, 0.15) is 29.1 Å². The third-order valence-corrected chi connectivity index (χ3v) is 6.14. The number of ether oxygens (including phenoxy) is 1. The molecule has 6 rings (SSSR count). The van der Waals surface area contributed by atoms with E-state index in [9.17, 15) is 4.79 Å². The Morgan fingerprint density at radius 2 is 2.00 bits per heavy atom. The van der Waals surface area contributed by atoms with Crippen LogP contribution in [0.2, 0.25) is 0 Å². The van der Waals surface area contributed by atoms with E-state index in [0.29, 0.717) is 35.0 Å². The minimum absolute atomic E-state index is 0.0365. The molecule has 144 valence electrons. The van der Waals surface area contributed by atoms with Gasteiger partial charge in [-0.2, -0.15) is 0 Å². The van der Waals surface area contributed by atoms with Crippen molar-refractivity contribution in [3.8, 4) is 0 Å². The normalized spacial score (nSPS) is 28.5. The lowest BCUT2D eigenvalue weighted by molar-refractivity contribution is 0.0308. The van der Waals surface area contributed by atoms with Crippen LogP contribution in [-0.2, 0) is 11.3 Å². The lowest BCUT2D eigenvalue weighted by Gasteiger charge is -2.44. The highest BCUT2D eigenvalue weighted by atomic mass is 16.5. The second-order valence-electron chi connectivity index (χ2n) is 7.87. The average molecular weight is 370 g/mol. The van der Waals surface area contributed by atoms with Crippen molar-refractivity contribution in [2.24, 2.45) is 5.92 Å². The number of nitrogens with one attached hydrogen (secondary N) is 1. The van der Waals surface area contributed by atoms with Gasteiger partial charge in [0, 0.05) is 25.7 Å². The Bertz CT molecular complexity index is 822. The molecule has 27 heavy (non-hydrogen) atoms. The summed E-state index contributed by atoms with van der Waals surface area (Å²) in [7, 11) is 0. The van der Waals surface area contributed by atoms with E-state index < -0.39 is 0 Å². The van der Waals surface area contributed by atoms with Gasteiger partial charge in [-0.1, -0.05) is 6.07 Å². The van der Waals surface area contributed by atoms with Crippen LogP contribution < -0.4 is 5.32 Å². The summed E-state index contributed by atoms with van der Waals surface area (Å²) in [5, 5.41) is 3.26. The summed E-state index contributed by atoms with van der Waals surface area (Å²) in [6.45, 7) is 7.20. The van der Waals surface area contributed by atoms with Crippen LogP contribution in [0.4, 0.5) is 0 Å². The number of hydrogen-bond donors (Lipinski definition) is 1. The first-order valence-electron chi connectivity index (χ1n) is 9.98. The van der Waals surface area contributed by atoms with Crippen LogP contribution in [0.3, 0.4) is 0 Å². The Labute approximate surface area is 158 Å². The summed E-state index contributed by atoms with van der Waals surface area (Å²) in [4.78, 5) is 22.3. The van der Waals surface area contributed by atoms with E-state index >= 15 is 0 Å². The van der Waals surface area contributed by atoms with Crippen LogP contribution in [0.25, 0.3) is 11.1 Å². The summed E-state index contributed by atoms with van der Waals surface area (Å²) in [5.41, 5.74) is 1.96. The lowest BCUT2D eigenvalue weighted by Crippen LogP contribution is -2.57. The number of nitrogens with zero attached hydrogens (tertiary/aromatic N) is 3. The lowest BCUT2D eigenvalue weighted by atomic mass is 9.84. The van der Waals surface area contributed by atoms with Crippen molar-refractivity contribution in [1.29, 1.82) is 0 Å². The average Bonchev–Trinajstić information content (AvgIpc) is 3.12. The highest BCUT2D eigenvalue weighted by Crippen LogP contribution is 2.28. The molecule has 7 heteroatoms. The number of aromatic nitrogens is 1. The van der Waals surface area contributed by atoms with Gasteiger partial charge in [0.15, 0.2) is 5.58 Å². The number of para-hydroxylation sites is 1. The van der Waals surface area contributed by atoms with Gasteiger partial charge in [-0.25, -0.2) is 4.98 Å². The number of carbonyl (C=O) groups excluding carboxylic acids is 1. The highest BCUT2D eigenvalue weighted by molar-refractivity contribution is 6.04. The zero-order valence-corrected chi connectivity index (χ0v) is 15.5. The van der Waals surface area contributed by atoms with Crippen LogP contribution in [0.5, 0.6) is 0 Å². The third kappa shape index (κ3) is 3.47. The standard InChI is InChI=1S/C20H26N4O3/c25-20(21-16-12-23-6-4-14(16)5-7-23)15-2-1-3-17-19(15)22-18(27-17)13-24-8-10-26-11-9-24/h1-3,14,16H,4-13H2,(H,21,25)/t16-/m1/s1. The Kier molecular flexibility index (Phi) is 4.59. The van der Waals surface area contributed by atoms with E-state index in [-0.39, 0.29) is 11.9 Å². The van der Waals surface area contributed by atoms with Gasteiger partial charge < -0.3 is 19.4 Å². The zero-order chi connectivity index (χ0) is 18.2. The molecule has 1 aromatic heterocycles. The Morgan fingerprint density at radius 1 is 1.19 bits per heavy atom. The fraction of sp³-hybridized carbons (Fsp3) is 0.600. The number of amides is 1. The van der Waals surface area contributed by atoms with Gasteiger partial charge in [0.1, 0.15) is 5.52 Å². The van der Waals surface area contributed by atoms with E-state index in [0.717, 1.165) is 32.8 Å². The van der Waals surface area contributed by atoms with Crippen molar-refractivity contribution < 1.29 is 13.9 Å². The number of carbonyl (C=O) groups is 1. The zero-order valence-electron chi connectivity index (χ0n) is 15.5. The molecule has 4 aliphatic heterocycles. The minimum atomic E-state index is -0.0365. The second kappa shape index (κ2) is 7.22. The Morgan fingerprint density at radius 3 is 2.74 bits per heavy atom. The Hall–Kier alpha value is -1.96. The molecule has 1 atom stereocenters. The molecule has 0 unspecified atom stereocenters. The first-order chi connectivity index (χ1) is 13.3. The SMILES string of the molecule is O=C(N[C@@H]1CN2CCC1CC2)c1cccc2oc(CN3CCOCC3)nc12. The van der Waals surface area contributed by atoms with Gasteiger partial charge in [0.05, 0.1) is 25.3 Å². The van der Waals surface area contributed by atoms with E-state index in [4.69, 9.17) is 9.15 Å². The van der Waals surface area contributed by atoms with Crippen LogP contribution in [-0.4, -0.2) is 72.7 Å². The van der Waals surface area contributed by atoms with Crippen molar-refractivity contribution >= 4 is 17.0 Å². The summed E-state index contributed by atoms with van der Waals surface area (Å²) < 4.78 is 11.3. The first-order valence-corrected chi connectivity index (χ1v) is 9.98. The summed E-state index contributed by atoms with van der Waals surface area (Å²) in [6, 6.07) is 5.85. The van der Waals surface area contributed by atoms with Crippen LogP contribution in [0, 0.1) is 5.92 Å². The molecule has 1 N–H and O–H groups in total. The second-order valence-corrected chi connectivity index (χ2v) is 7.87. The van der Waals surface area contributed by atoms with Crippen LogP contribution >= 0.6 is 0 Å². The molecule has 7 nitrogen and oxygen atoms in total. The number of fused-ring (bicyclic) bond motifs is 4. The monoisotopic (exact) mass is 370 g/mol. The van der Waals surface area contributed by atoms with Gasteiger partial charge >= 0.3 is 0 Å². The maximum absolute atomic E-state index is 13.0. The number of oxazole rings is 1. The predicted octanol–water partition coefficient (Wildman–Crippen LogP) is 1.48.